The van der Waals surface area contributed by atoms with Crippen molar-refractivity contribution in [3.05, 3.63) is 52.2 Å². The van der Waals surface area contributed by atoms with Crippen LogP contribution in [0.3, 0.4) is 0 Å². The van der Waals surface area contributed by atoms with Gasteiger partial charge in [0.1, 0.15) is 17.7 Å². The van der Waals surface area contributed by atoms with Crippen LogP contribution in [0.25, 0.3) is 0 Å². The lowest BCUT2D eigenvalue weighted by molar-refractivity contribution is 0.559. The van der Waals surface area contributed by atoms with Gasteiger partial charge < -0.3 is 9.80 Å². The van der Waals surface area contributed by atoms with E-state index >= 15 is 0 Å². The molecule has 0 aliphatic carbocycles. The monoisotopic (exact) mass is 298 g/mol. The summed E-state index contributed by atoms with van der Waals surface area (Å²) in [6, 6.07) is 11.5. The summed E-state index contributed by atoms with van der Waals surface area (Å²) in [5.41, 5.74) is 2.82. The average Bonchev–Trinajstić information content (AvgIpc) is 2.84. The van der Waals surface area contributed by atoms with Crippen molar-refractivity contribution < 1.29 is 0 Å². The Balaban J connectivity index is 2.46. The quantitative estimate of drug-likeness (QED) is 0.788. The Kier molecular flexibility index (Phi) is 4.52. The van der Waals surface area contributed by atoms with Crippen LogP contribution in [-0.4, -0.2) is 32.1 Å². The first-order valence-electron chi connectivity index (χ1n) is 6.47. The van der Waals surface area contributed by atoms with Crippen molar-refractivity contribution in [3.63, 3.8) is 0 Å². The van der Waals surface area contributed by atoms with E-state index in [1.165, 1.54) is 0 Å². The van der Waals surface area contributed by atoms with E-state index in [1.807, 2.05) is 61.6 Å². The molecule has 106 valence electrons. The van der Waals surface area contributed by atoms with Crippen LogP contribution in [0.5, 0.6) is 0 Å². The highest BCUT2D eigenvalue weighted by Gasteiger charge is 2.26. The third-order valence-electron chi connectivity index (χ3n) is 3.23. The molecular formula is C16H15ClN4. The van der Waals surface area contributed by atoms with Gasteiger partial charge in [-0.3, -0.25) is 0 Å². The Labute approximate surface area is 129 Å². The second-order valence-electron chi connectivity index (χ2n) is 5.00. The fourth-order valence-electron chi connectivity index (χ4n) is 2.36. The zero-order chi connectivity index (χ0) is 15.4. The summed E-state index contributed by atoms with van der Waals surface area (Å²) in [5, 5.41) is 18.9. The number of nitrogens with zero attached hydrogens (tertiary/aromatic N) is 4. The molecule has 1 aliphatic rings. The molecule has 0 unspecified atom stereocenters. The first kappa shape index (κ1) is 15.0. The van der Waals surface area contributed by atoms with E-state index < -0.39 is 0 Å². The molecule has 2 rings (SSSR count). The minimum atomic E-state index is 0.164. The van der Waals surface area contributed by atoms with Crippen LogP contribution >= 0.6 is 11.6 Å². The average molecular weight is 299 g/mol. The molecule has 0 spiro atoms. The van der Waals surface area contributed by atoms with Gasteiger partial charge in [-0.1, -0.05) is 23.7 Å². The van der Waals surface area contributed by atoms with E-state index in [2.05, 4.69) is 4.90 Å². The second kappa shape index (κ2) is 6.35. The largest absolute Gasteiger partial charge is 0.383 e. The SMILES string of the molecule is CN(C)/C=C1/CN(c2ccccc2Cl)CC1=C(C#N)C#N. The van der Waals surface area contributed by atoms with Crippen LogP contribution in [0.1, 0.15) is 0 Å². The number of benzene rings is 1. The molecule has 21 heavy (non-hydrogen) atoms. The van der Waals surface area contributed by atoms with Crippen LogP contribution in [0, 0.1) is 22.7 Å². The Morgan fingerprint density at radius 3 is 2.48 bits per heavy atom. The minimum absolute atomic E-state index is 0.164. The van der Waals surface area contributed by atoms with Crippen LogP contribution in [0.2, 0.25) is 5.02 Å². The highest BCUT2D eigenvalue weighted by molar-refractivity contribution is 6.33. The topological polar surface area (TPSA) is 54.1 Å². The summed E-state index contributed by atoms with van der Waals surface area (Å²) in [6.07, 6.45) is 1.95. The molecule has 0 aromatic heterocycles. The van der Waals surface area contributed by atoms with Crippen LogP contribution < -0.4 is 4.90 Å². The van der Waals surface area contributed by atoms with Crippen molar-refractivity contribution in [2.45, 2.75) is 0 Å². The van der Waals surface area contributed by atoms with Gasteiger partial charge in [0.25, 0.3) is 0 Å². The third kappa shape index (κ3) is 3.18. The summed E-state index contributed by atoms with van der Waals surface area (Å²) < 4.78 is 0. The lowest BCUT2D eigenvalue weighted by Gasteiger charge is -2.18. The minimum Gasteiger partial charge on any atom is -0.383 e. The van der Waals surface area contributed by atoms with Gasteiger partial charge >= 0.3 is 0 Å². The molecule has 4 nitrogen and oxygen atoms in total. The van der Waals surface area contributed by atoms with E-state index in [0.717, 1.165) is 16.8 Å². The van der Waals surface area contributed by atoms with Crippen molar-refractivity contribution in [1.82, 2.24) is 4.90 Å². The molecule has 1 aliphatic heterocycles. The van der Waals surface area contributed by atoms with E-state index in [0.29, 0.717) is 18.1 Å². The number of nitriles is 2. The highest BCUT2D eigenvalue weighted by atomic mass is 35.5. The molecule has 1 heterocycles. The summed E-state index contributed by atoms with van der Waals surface area (Å²) >= 11 is 6.24. The van der Waals surface area contributed by atoms with Gasteiger partial charge in [0.15, 0.2) is 0 Å². The predicted molar refractivity (Wildman–Crippen MR) is 83.7 cm³/mol. The normalized spacial score (nSPS) is 15.8. The van der Waals surface area contributed by atoms with Crippen molar-refractivity contribution in [1.29, 1.82) is 10.5 Å². The van der Waals surface area contributed by atoms with Crippen molar-refractivity contribution in [3.8, 4) is 12.1 Å². The van der Waals surface area contributed by atoms with Gasteiger partial charge in [0.05, 0.1) is 10.7 Å². The summed E-state index contributed by atoms with van der Waals surface area (Å²) in [7, 11) is 3.84. The number of anilines is 1. The fourth-order valence-corrected chi connectivity index (χ4v) is 2.61. The molecule has 0 amide bonds. The van der Waals surface area contributed by atoms with E-state index in [-0.39, 0.29) is 5.57 Å². The number of hydrogen-bond acceptors (Lipinski definition) is 4. The molecule has 1 saturated heterocycles. The van der Waals surface area contributed by atoms with E-state index in [4.69, 9.17) is 22.1 Å². The molecule has 1 fully saturated rings. The molecule has 5 heteroatoms. The lowest BCUT2D eigenvalue weighted by atomic mass is 10.1. The molecule has 1 aromatic rings. The van der Waals surface area contributed by atoms with Crippen LogP contribution in [0.15, 0.2) is 47.2 Å². The molecule has 0 radical (unpaired) electrons. The number of para-hydroxylation sites is 1. The predicted octanol–water partition coefficient (Wildman–Crippen LogP) is 2.95. The molecule has 0 N–H and O–H groups in total. The number of halogens is 1. The fraction of sp³-hybridized carbons (Fsp3) is 0.250. The molecule has 0 bridgehead atoms. The van der Waals surface area contributed by atoms with Crippen molar-refractivity contribution in [2.24, 2.45) is 0 Å². The second-order valence-corrected chi connectivity index (χ2v) is 5.41. The van der Waals surface area contributed by atoms with Gasteiger partial charge in [0, 0.05) is 39.0 Å². The number of hydrogen-bond donors (Lipinski definition) is 0. The Morgan fingerprint density at radius 2 is 1.90 bits per heavy atom. The Bertz CT molecular complexity index is 673. The maximum atomic E-state index is 9.13. The maximum Gasteiger partial charge on any atom is 0.135 e. The van der Waals surface area contributed by atoms with Crippen molar-refractivity contribution >= 4 is 17.3 Å². The van der Waals surface area contributed by atoms with Gasteiger partial charge in [0.2, 0.25) is 0 Å². The van der Waals surface area contributed by atoms with Crippen LogP contribution in [-0.2, 0) is 0 Å². The molecular weight excluding hydrogens is 284 g/mol. The molecule has 1 aromatic carbocycles. The zero-order valence-electron chi connectivity index (χ0n) is 12.0. The maximum absolute atomic E-state index is 9.13. The molecule has 0 atom stereocenters. The van der Waals surface area contributed by atoms with Gasteiger partial charge in [-0.05, 0) is 17.7 Å². The summed E-state index contributed by atoms with van der Waals surface area (Å²) in [4.78, 5) is 3.99. The summed E-state index contributed by atoms with van der Waals surface area (Å²) in [6.45, 7) is 1.14. The molecule has 0 saturated carbocycles. The Morgan fingerprint density at radius 1 is 1.24 bits per heavy atom. The highest BCUT2D eigenvalue weighted by Crippen LogP contribution is 2.33. The first-order valence-corrected chi connectivity index (χ1v) is 6.85. The summed E-state index contributed by atoms with van der Waals surface area (Å²) in [5.74, 6) is 0. The third-order valence-corrected chi connectivity index (χ3v) is 3.55. The van der Waals surface area contributed by atoms with Crippen LogP contribution in [0.4, 0.5) is 5.69 Å². The van der Waals surface area contributed by atoms with Gasteiger partial charge in [-0.25, -0.2) is 0 Å². The smallest absolute Gasteiger partial charge is 0.135 e. The number of rotatable bonds is 2. The van der Waals surface area contributed by atoms with Crippen molar-refractivity contribution in [2.75, 3.05) is 32.1 Å². The van der Waals surface area contributed by atoms with Gasteiger partial charge in [-0.2, -0.15) is 10.5 Å². The van der Waals surface area contributed by atoms with E-state index in [9.17, 15) is 0 Å². The first-order chi connectivity index (χ1) is 10.1. The lowest BCUT2D eigenvalue weighted by Crippen LogP contribution is -2.18. The van der Waals surface area contributed by atoms with E-state index in [1.54, 1.807) is 0 Å². The zero-order valence-corrected chi connectivity index (χ0v) is 12.7. The number of allylic oxidation sites excluding steroid dienone is 1. The standard InChI is InChI=1S/C16H15ClN4/c1-20(2)9-13-10-21(11-14(13)12(7-18)8-19)16-6-4-3-5-15(16)17/h3-6,9H,10-11H2,1-2H3/b13-9-. The Hall–Kier alpha value is -2.43. The van der Waals surface area contributed by atoms with Gasteiger partial charge in [-0.15, -0.1) is 0 Å².